The van der Waals surface area contributed by atoms with Gasteiger partial charge >= 0.3 is 0 Å². The highest BCUT2D eigenvalue weighted by atomic mass is 19.1. The molecule has 0 radical (unpaired) electrons. The molecule has 1 atom stereocenters. The number of carbonyl (C=O) groups is 1. The van der Waals surface area contributed by atoms with E-state index in [2.05, 4.69) is 12.2 Å². The van der Waals surface area contributed by atoms with Gasteiger partial charge in [0.05, 0.1) is 5.69 Å². The molecule has 1 heterocycles. The van der Waals surface area contributed by atoms with Crippen LogP contribution in [-0.2, 0) is 4.79 Å². The van der Waals surface area contributed by atoms with E-state index in [1.54, 1.807) is 4.90 Å². The number of halogens is 2. The van der Waals surface area contributed by atoms with Crippen LogP contribution < -0.4 is 11.1 Å². The first kappa shape index (κ1) is 15.7. The zero-order valence-electron chi connectivity index (χ0n) is 12.1. The lowest BCUT2D eigenvalue weighted by Crippen LogP contribution is -2.49. The largest absolute Gasteiger partial charge is 0.381 e. The lowest BCUT2D eigenvalue weighted by atomic mass is 9.99. The van der Waals surface area contributed by atoms with Crippen molar-refractivity contribution < 1.29 is 13.6 Å². The summed E-state index contributed by atoms with van der Waals surface area (Å²) in [5.41, 5.74) is 6.01. The fourth-order valence-corrected chi connectivity index (χ4v) is 2.40. The topological polar surface area (TPSA) is 58.4 Å². The minimum Gasteiger partial charge on any atom is -0.381 e. The van der Waals surface area contributed by atoms with Gasteiger partial charge in [-0.05, 0) is 30.9 Å². The zero-order valence-corrected chi connectivity index (χ0v) is 12.1. The maximum atomic E-state index is 13.5. The second-order valence-electron chi connectivity index (χ2n) is 5.62. The first-order valence-corrected chi connectivity index (χ1v) is 7.20. The monoisotopic (exact) mass is 297 g/mol. The number of hydrogen-bond acceptors (Lipinski definition) is 3. The van der Waals surface area contributed by atoms with Gasteiger partial charge in [0.25, 0.3) is 0 Å². The summed E-state index contributed by atoms with van der Waals surface area (Å²) < 4.78 is 26.3. The van der Waals surface area contributed by atoms with E-state index in [-0.39, 0.29) is 18.1 Å². The number of likely N-dealkylation sites (tertiary alicyclic amines) is 1. The molecular formula is C15H21F2N3O. The van der Waals surface area contributed by atoms with E-state index in [9.17, 15) is 13.6 Å². The molecular weight excluding hydrogens is 276 g/mol. The van der Waals surface area contributed by atoms with E-state index >= 15 is 0 Å². The fraction of sp³-hybridized carbons (Fsp3) is 0.533. The Morgan fingerprint density at radius 2 is 2.10 bits per heavy atom. The number of benzene rings is 1. The molecule has 0 aromatic heterocycles. The molecule has 1 aliphatic rings. The van der Waals surface area contributed by atoms with Gasteiger partial charge < -0.3 is 16.0 Å². The molecule has 1 aromatic carbocycles. The summed E-state index contributed by atoms with van der Waals surface area (Å²) in [4.78, 5) is 13.9. The molecule has 1 aliphatic heterocycles. The summed E-state index contributed by atoms with van der Waals surface area (Å²) in [6.45, 7) is 3.73. The third kappa shape index (κ3) is 4.14. The third-order valence-electron chi connectivity index (χ3n) is 3.86. The van der Waals surface area contributed by atoms with Gasteiger partial charge in [0, 0.05) is 25.7 Å². The SMILES string of the molecule is CC1CCN(C(=O)C(N)CNc2ccc(F)cc2F)CC1. The molecule has 1 aromatic rings. The maximum Gasteiger partial charge on any atom is 0.241 e. The average Bonchev–Trinajstić information content (AvgIpc) is 2.46. The van der Waals surface area contributed by atoms with Crippen LogP contribution >= 0.6 is 0 Å². The fourth-order valence-electron chi connectivity index (χ4n) is 2.40. The number of rotatable bonds is 4. The quantitative estimate of drug-likeness (QED) is 0.893. The smallest absolute Gasteiger partial charge is 0.241 e. The van der Waals surface area contributed by atoms with Crippen molar-refractivity contribution in [2.45, 2.75) is 25.8 Å². The summed E-state index contributed by atoms with van der Waals surface area (Å²) >= 11 is 0. The number of carbonyl (C=O) groups excluding carboxylic acids is 1. The number of nitrogens with two attached hydrogens (primary N) is 1. The number of hydrogen-bond donors (Lipinski definition) is 2. The van der Waals surface area contributed by atoms with E-state index in [0.29, 0.717) is 5.92 Å². The summed E-state index contributed by atoms with van der Waals surface area (Å²) in [7, 11) is 0. The van der Waals surface area contributed by atoms with Crippen LogP contribution in [0.3, 0.4) is 0 Å². The van der Waals surface area contributed by atoms with Crippen LogP contribution in [0.1, 0.15) is 19.8 Å². The van der Waals surface area contributed by atoms with Gasteiger partial charge in [-0.15, -0.1) is 0 Å². The molecule has 0 aliphatic carbocycles. The number of piperidine rings is 1. The molecule has 0 saturated carbocycles. The highest BCUT2D eigenvalue weighted by Crippen LogP contribution is 2.17. The van der Waals surface area contributed by atoms with Crippen LogP contribution in [0.25, 0.3) is 0 Å². The van der Waals surface area contributed by atoms with Crippen LogP contribution in [0.15, 0.2) is 18.2 Å². The van der Waals surface area contributed by atoms with E-state index < -0.39 is 17.7 Å². The standard InChI is InChI=1S/C15H21F2N3O/c1-10-4-6-20(7-5-10)15(21)13(18)9-19-14-3-2-11(16)8-12(14)17/h2-3,8,10,13,19H,4-7,9,18H2,1H3. The number of nitrogens with one attached hydrogen (secondary N) is 1. The van der Waals surface area contributed by atoms with Crippen molar-refractivity contribution in [2.75, 3.05) is 25.0 Å². The molecule has 3 N–H and O–H groups in total. The van der Waals surface area contributed by atoms with Crippen LogP contribution in [0.5, 0.6) is 0 Å². The van der Waals surface area contributed by atoms with Crippen molar-refractivity contribution in [1.82, 2.24) is 4.90 Å². The van der Waals surface area contributed by atoms with E-state index in [4.69, 9.17) is 5.73 Å². The summed E-state index contributed by atoms with van der Waals surface area (Å²) in [5.74, 6) is -0.823. The first-order chi connectivity index (χ1) is 9.97. The van der Waals surface area contributed by atoms with Crippen molar-refractivity contribution >= 4 is 11.6 Å². The highest BCUT2D eigenvalue weighted by molar-refractivity contribution is 5.82. The normalized spacial score (nSPS) is 17.6. The van der Waals surface area contributed by atoms with Gasteiger partial charge in [-0.2, -0.15) is 0 Å². The molecule has 21 heavy (non-hydrogen) atoms. The Balaban J connectivity index is 1.86. The Morgan fingerprint density at radius 1 is 1.43 bits per heavy atom. The summed E-state index contributed by atoms with van der Waals surface area (Å²) in [6.07, 6.45) is 1.97. The van der Waals surface area contributed by atoms with Gasteiger partial charge in [0.1, 0.15) is 17.7 Å². The van der Waals surface area contributed by atoms with Crippen molar-refractivity contribution in [3.63, 3.8) is 0 Å². The highest BCUT2D eigenvalue weighted by Gasteiger charge is 2.24. The number of amides is 1. The minimum atomic E-state index is -0.733. The number of nitrogens with zero attached hydrogens (tertiary/aromatic N) is 1. The van der Waals surface area contributed by atoms with Crippen molar-refractivity contribution in [2.24, 2.45) is 11.7 Å². The lowest BCUT2D eigenvalue weighted by Gasteiger charge is -2.32. The maximum absolute atomic E-state index is 13.5. The van der Waals surface area contributed by atoms with Crippen LogP contribution in [-0.4, -0.2) is 36.5 Å². The molecule has 2 rings (SSSR count). The van der Waals surface area contributed by atoms with Crippen LogP contribution in [0.2, 0.25) is 0 Å². The third-order valence-corrected chi connectivity index (χ3v) is 3.86. The van der Waals surface area contributed by atoms with Gasteiger partial charge in [-0.25, -0.2) is 8.78 Å². The van der Waals surface area contributed by atoms with Crippen LogP contribution in [0.4, 0.5) is 14.5 Å². The predicted molar refractivity (Wildman–Crippen MR) is 77.8 cm³/mol. The molecule has 6 heteroatoms. The molecule has 1 unspecified atom stereocenters. The van der Waals surface area contributed by atoms with Crippen molar-refractivity contribution in [3.8, 4) is 0 Å². The molecule has 116 valence electrons. The minimum absolute atomic E-state index is 0.118. The second kappa shape index (κ2) is 6.85. The lowest BCUT2D eigenvalue weighted by molar-refractivity contribution is -0.133. The zero-order chi connectivity index (χ0) is 15.4. The Morgan fingerprint density at radius 3 is 2.71 bits per heavy atom. The molecule has 0 spiro atoms. The Hall–Kier alpha value is -1.69. The molecule has 0 bridgehead atoms. The Kier molecular flexibility index (Phi) is 5.12. The molecule has 1 fully saturated rings. The van der Waals surface area contributed by atoms with Gasteiger partial charge in [0.2, 0.25) is 5.91 Å². The Labute approximate surface area is 123 Å². The van der Waals surface area contributed by atoms with Crippen molar-refractivity contribution in [1.29, 1.82) is 0 Å². The molecule has 1 saturated heterocycles. The first-order valence-electron chi connectivity index (χ1n) is 7.20. The summed E-state index contributed by atoms with van der Waals surface area (Å²) in [6, 6.07) is 2.51. The van der Waals surface area contributed by atoms with Crippen molar-refractivity contribution in [3.05, 3.63) is 29.8 Å². The van der Waals surface area contributed by atoms with E-state index in [0.717, 1.165) is 38.1 Å². The van der Waals surface area contributed by atoms with Gasteiger partial charge in [-0.3, -0.25) is 4.79 Å². The van der Waals surface area contributed by atoms with E-state index in [1.807, 2.05) is 0 Å². The molecule has 1 amide bonds. The Bertz CT molecular complexity index is 502. The van der Waals surface area contributed by atoms with Gasteiger partial charge in [-0.1, -0.05) is 6.92 Å². The van der Waals surface area contributed by atoms with E-state index in [1.165, 1.54) is 6.07 Å². The predicted octanol–water partition coefficient (Wildman–Crippen LogP) is 1.96. The number of anilines is 1. The van der Waals surface area contributed by atoms with Crippen LogP contribution in [0, 0.1) is 17.6 Å². The second-order valence-corrected chi connectivity index (χ2v) is 5.62. The molecule has 4 nitrogen and oxygen atoms in total. The van der Waals surface area contributed by atoms with Gasteiger partial charge in [0.15, 0.2) is 0 Å². The summed E-state index contributed by atoms with van der Waals surface area (Å²) in [5, 5.41) is 2.75. The average molecular weight is 297 g/mol.